The highest BCUT2D eigenvalue weighted by atomic mass is 16.5. The van der Waals surface area contributed by atoms with Crippen LogP contribution in [0.1, 0.15) is 27.0 Å². The van der Waals surface area contributed by atoms with E-state index in [1.807, 2.05) is 0 Å². The van der Waals surface area contributed by atoms with Crippen molar-refractivity contribution < 1.29 is 23.8 Å². The molecule has 2 N–H and O–H groups in total. The number of methoxy groups -OCH3 is 1. The summed E-state index contributed by atoms with van der Waals surface area (Å²) in [6, 6.07) is 8.33. The normalized spacial score (nSPS) is 13.8. The molecule has 2 heterocycles. The van der Waals surface area contributed by atoms with Crippen LogP contribution in [-0.4, -0.2) is 38.9 Å². The van der Waals surface area contributed by atoms with Gasteiger partial charge in [-0.15, -0.1) is 0 Å². The minimum atomic E-state index is -0.412. The second kappa shape index (κ2) is 7.80. The van der Waals surface area contributed by atoms with Crippen LogP contribution in [0.3, 0.4) is 0 Å². The Bertz CT molecular complexity index is 876. The number of esters is 1. The number of hydrogen-bond donors (Lipinski definition) is 2. The van der Waals surface area contributed by atoms with Gasteiger partial charge in [-0.1, -0.05) is 0 Å². The highest BCUT2D eigenvalue weighted by molar-refractivity contribution is 5.92. The van der Waals surface area contributed by atoms with Gasteiger partial charge in [-0.3, -0.25) is 0 Å². The van der Waals surface area contributed by atoms with Gasteiger partial charge >= 0.3 is 12.0 Å². The van der Waals surface area contributed by atoms with Gasteiger partial charge in [0.2, 0.25) is 0 Å². The van der Waals surface area contributed by atoms with Crippen LogP contribution in [0.15, 0.2) is 30.3 Å². The molecular formula is C21H22N2O5. The minimum absolute atomic E-state index is 0.299. The standard InChI is InChI=1S/C21H22N2O5/c1-26-20(24)13-2-4-15(5-3-13)23-21(25)22-9-6-17-16-8-11-27-18(16)12-14-7-10-28-19(14)17/h2-5,12H,6-11H2,1H3,(H2,22,23,25). The largest absolute Gasteiger partial charge is 0.493 e. The Hall–Kier alpha value is -3.22. The second-order valence-corrected chi connectivity index (χ2v) is 6.72. The number of rotatable bonds is 5. The number of carbonyl (C=O) groups excluding carboxylic acids is 2. The lowest BCUT2D eigenvalue weighted by atomic mass is 9.97. The molecule has 4 rings (SSSR count). The molecule has 7 nitrogen and oxygen atoms in total. The first-order valence-corrected chi connectivity index (χ1v) is 9.32. The van der Waals surface area contributed by atoms with Crippen molar-refractivity contribution in [3.8, 4) is 11.5 Å². The predicted octanol–water partition coefficient (Wildman–Crippen LogP) is 2.71. The first-order chi connectivity index (χ1) is 13.7. The quantitative estimate of drug-likeness (QED) is 0.777. The summed E-state index contributed by atoms with van der Waals surface area (Å²) >= 11 is 0. The van der Waals surface area contributed by atoms with Crippen LogP contribution in [0, 0.1) is 0 Å². The van der Waals surface area contributed by atoms with Gasteiger partial charge < -0.3 is 24.8 Å². The van der Waals surface area contributed by atoms with Crippen LogP contribution >= 0.6 is 0 Å². The van der Waals surface area contributed by atoms with Crippen molar-refractivity contribution in [3.63, 3.8) is 0 Å². The molecule has 0 unspecified atom stereocenters. The average molecular weight is 382 g/mol. The lowest BCUT2D eigenvalue weighted by Crippen LogP contribution is -2.30. The summed E-state index contributed by atoms with van der Waals surface area (Å²) in [5.41, 5.74) is 4.56. The van der Waals surface area contributed by atoms with Gasteiger partial charge in [0.25, 0.3) is 0 Å². The number of hydrogen-bond acceptors (Lipinski definition) is 5. The van der Waals surface area contributed by atoms with Gasteiger partial charge in [-0.2, -0.15) is 0 Å². The number of carbonyl (C=O) groups is 2. The molecule has 0 aromatic heterocycles. The SMILES string of the molecule is COC(=O)c1ccc(NC(=O)NCCc2c3c(cc4c2OCC4)OCC3)cc1. The Morgan fingerprint density at radius 3 is 2.68 bits per heavy atom. The molecule has 2 amide bonds. The predicted molar refractivity (Wildman–Crippen MR) is 103 cm³/mol. The fourth-order valence-electron chi connectivity index (χ4n) is 3.63. The van der Waals surface area contributed by atoms with E-state index in [1.165, 1.54) is 18.2 Å². The minimum Gasteiger partial charge on any atom is -0.493 e. The van der Waals surface area contributed by atoms with Crippen LogP contribution < -0.4 is 20.1 Å². The van der Waals surface area contributed by atoms with Crippen LogP contribution in [0.4, 0.5) is 10.5 Å². The van der Waals surface area contributed by atoms with E-state index in [0.29, 0.717) is 37.4 Å². The molecule has 0 aliphatic carbocycles. The summed E-state index contributed by atoms with van der Waals surface area (Å²) in [5.74, 6) is 1.50. The van der Waals surface area contributed by atoms with E-state index in [2.05, 4.69) is 21.4 Å². The number of nitrogens with one attached hydrogen (secondary N) is 2. The molecule has 7 heteroatoms. The van der Waals surface area contributed by atoms with E-state index in [1.54, 1.807) is 24.3 Å². The van der Waals surface area contributed by atoms with E-state index < -0.39 is 5.97 Å². The third-order valence-corrected chi connectivity index (χ3v) is 4.98. The lowest BCUT2D eigenvalue weighted by molar-refractivity contribution is 0.0600. The summed E-state index contributed by atoms with van der Waals surface area (Å²) in [4.78, 5) is 23.6. The number of ether oxygens (including phenoxy) is 3. The second-order valence-electron chi connectivity index (χ2n) is 6.72. The molecule has 28 heavy (non-hydrogen) atoms. The van der Waals surface area contributed by atoms with Crippen LogP contribution in [0.5, 0.6) is 11.5 Å². The van der Waals surface area contributed by atoms with Crippen molar-refractivity contribution in [3.05, 3.63) is 52.6 Å². The molecule has 146 valence electrons. The van der Waals surface area contributed by atoms with Crippen molar-refractivity contribution in [1.82, 2.24) is 5.32 Å². The molecule has 2 aromatic carbocycles. The Morgan fingerprint density at radius 2 is 1.89 bits per heavy atom. The van der Waals surface area contributed by atoms with Crippen molar-refractivity contribution >= 4 is 17.7 Å². The van der Waals surface area contributed by atoms with Gasteiger partial charge in [-0.25, -0.2) is 9.59 Å². The third kappa shape index (κ3) is 3.60. The smallest absolute Gasteiger partial charge is 0.337 e. The first-order valence-electron chi connectivity index (χ1n) is 9.32. The van der Waals surface area contributed by atoms with Gasteiger partial charge in [0.15, 0.2) is 0 Å². The monoisotopic (exact) mass is 382 g/mol. The van der Waals surface area contributed by atoms with Crippen molar-refractivity contribution in [2.45, 2.75) is 19.3 Å². The van der Waals surface area contributed by atoms with Crippen molar-refractivity contribution in [1.29, 1.82) is 0 Å². The van der Waals surface area contributed by atoms with E-state index in [9.17, 15) is 9.59 Å². The van der Waals surface area contributed by atoms with Gasteiger partial charge in [0, 0.05) is 41.8 Å². The molecule has 0 saturated carbocycles. The summed E-state index contributed by atoms with van der Waals surface area (Å²) < 4.78 is 16.2. The van der Waals surface area contributed by atoms with Gasteiger partial charge in [0.1, 0.15) is 11.5 Å². The molecule has 0 atom stereocenters. The fraction of sp³-hybridized carbons (Fsp3) is 0.333. The maximum atomic E-state index is 12.2. The number of urea groups is 1. The summed E-state index contributed by atoms with van der Waals surface area (Å²) in [5, 5.41) is 5.63. The molecule has 0 bridgehead atoms. The zero-order valence-corrected chi connectivity index (χ0v) is 15.7. The van der Waals surface area contributed by atoms with Crippen molar-refractivity contribution in [2.24, 2.45) is 0 Å². The maximum Gasteiger partial charge on any atom is 0.337 e. The number of anilines is 1. The van der Waals surface area contributed by atoms with E-state index in [4.69, 9.17) is 9.47 Å². The maximum absolute atomic E-state index is 12.2. The highest BCUT2D eigenvalue weighted by Crippen LogP contribution is 2.40. The fourth-order valence-corrected chi connectivity index (χ4v) is 3.63. The van der Waals surface area contributed by atoms with Gasteiger partial charge in [-0.05, 0) is 36.8 Å². The lowest BCUT2D eigenvalue weighted by Gasteiger charge is -2.14. The topological polar surface area (TPSA) is 85.9 Å². The van der Waals surface area contributed by atoms with Crippen molar-refractivity contribution in [2.75, 3.05) is 32.2 Å². The van der Waals surface area contributed by atoms with E-state index in [0.717, 1.165) is 29.9 Å². The Kier molecular flexibility index (Phi) is 5.06. The highest BCUT2D eigenvalue weighted by Gasteiger charge is 2.26. The molecule has 2 aromatic rings. The molecular weight excluding hydrogens is 360 g/mol. The number of fused-ring (bicyclic) bond motifs is 2. The van der Waals surface area contributed by atoms with Crippen LogP contribution in [0.25, 0.3) is 0 Å². The summed E-state index contributed by atoms with van der Waals surface area (Å²) in [6.07, 6.45) is 2.46. The Labute approximate surface area is 163 Å². The summed E-state index contributed by atoms with van der Waals surface area (Å²) in [6.45, 7) is 1.87. The zero-order valence-electron chi connectivity index (χ0n) is 15.7. The molecule has 0 spiro atoms. The summed E-state index contributed by atoms with van der Waals surface area (Å²) in [7, 11) is 1.33. The van der Waals surface area contributed by atoms with Crippen LogP contribution in [0.2, 0.25) is 0 Å². The van der Waals surface area contributed by atoms with Gasteiger partial charge in [0.05, 0.1) is 25.9 Å². The zero-order chi connectivity index (χ0) is 19.5. The van der Waals surface area contributed by atoms with Crippen LogP contribution in [-0.2, 0) is 24.0 Å². The molecule has 2 aliphatic rings. The molecule has 0 radical (unpaired) electrons. The first kappa shape index (κ1) is 18.2. The Morgan fingerprint density at radius 1 is 1.11 bits per heavy atom. The number of amides is 2. The molecule has 0 saturated heterocycles. The number of benzene rings is 2. The molecule has 0 fully saturated rings. The Balaban J connectivity index is 1.35. The van der Waals surface area contributed by atoms with E-state index >= 15 is 0 Å². The van der Waals surface area contributed by atoms with E-state index in [-0.39, 0.29) is 6.03 Å². The third-order valence-electron chi connectivity index (χ3n) is 4.98. The molecule has 2 aliphatic heterocycles. The average Bonchev–Trinajstić information content (AvgIpc) is 3.36.